The molecule has 0 saturated carbocycles. The van der Waals surface area contributed by atoms with E-state index < -0.39 is 0 Å². The Labute approximate surface area is 110 Å². The molecular weight excluding hydrogens is 230 g/mol. The number of thiol groups is 1. The second-order valence-electron chi connectivity index (χ2n) is 4.88. The minimum absolute atomic E-state index is 0.109. The van der Waals surface area contributed by atoms with Gasteiger partial charge >= 0.3 is 0 Å². The standard InChI is InChI=1S/C14H23NOS/c1-5-16-13-7-6-12(8-11(13)2)14(3,4)9-15-10-17/h6-8,15,17H,5,9-10H2,1-4H3. The molecule has 0 atom stereocenters. The highest BCUT2D eigenvalue weighted by Crippen LogP contribution is 2.27. The van der Waals surface area contributed by atoms with E-state index in [1.807, 2.05) is 6.92 Å². The summed E-state index contributed by atoms with van der Waals surface area (Å²) in [5.74, 6) is 1.69. The predicted molar refractivity (Wildman–Crippen MR) is 77.2 cm³/mol. The Morgan fingerprint density at radius 1 is 1.35 bits per heavy atom. The van der Waals surface area contributed by atoms with E-state index in [2.05, 4.69) is 56.9 Å². The molecule has 0 aromatic heterocycles. The molecule has 0 amide bonds. The molecule has 0 spiro atoms. The van der Waals surface area contributed by atoms with E-state index in [4.69, 9.17) is 4.74 Å². The van der Waals surface area contributed by atoms with Crippen molar-refractivity contribution in [3.8, 4) is 5.75 Å². The molecule has 0 aliphatic heterocycles. The molecule has 0 aliphatic carbocycles. The highest BCUT2D eigenvalue weighted by Gasteiger charge is 2.20. The fraction of sp³-hybridized carbons (Fsp3) is 0.571. The average Bonchev–Trinajstić information content (AvgIpc) is 2.29. The minimum Gasteiger partial charge on any atom is -0.494 e. The number of aryl methyl sites for hydroxylation is 1. The van der Waals surface area contributed by atoms with Crippen LogP contribution in [0, 0.1) is 6.92 Å². The molecule has 1 aromatic rings. The van der Waals surface area contributed by atoms with Crippen LogP contribution < -0.4 is 10.1 Å². The topological polar surface area (TPSA) is 21.3 Å². The van der Waals surface area contributed by atoms with Crippen molar-refractivity contribution in [1.29, 1.82) is 0 Å². The fourth-order valence-corrected chi connectivity index (χ4v) is 1.97. The van der Waals surface area contributed by atoms with Gasteiger partial charge in [0.25, 0.3) is 0 Å². The normalized spacial score (nSPS) is 11.6. The van der Waals surface area contributed by atoms with Crippen molar-refractivity contribution in [3.63, 3.8) is 0 Å². The Morgan fingerprint density at radius 2 is 2.06 bits per heavy atom. The van der Waals surface area contributed by atoms with Crippen LogP contribution in [0.4, 0.5) is 0 Å². The third kappa shape index (κ3) is 3.93. The smallest absolute Gasteiger partial charge is 0.122 e. The number of rotatable bonds is 6. The summed E-state index contributed by atoms with van der Waals surface area (Å²) in [6.07, 6.45) is 0. The van der Waals surface area contributed by atoms with Crippen molar-refractivity contribution in [2.24, 2.45) is 0 Å². The minimum atomic E-state index is 0.109. The van der Waals surface area contributed by atoms with Gasteiger partial charge in [-0.25, -0.2) is 0 Å². The first kappa shape index (κ1) is 14.4. The van der Waals surface area contributed by atoms with Crippen LogP contribution >= 0.6 is 12.6 Å². The lowest BCUT2D eigenvalue weighted by Gasteiger charge is -2.26. The zero-order chi connectivity index (χ0) is 12.9. The SMILES string of the molecule is CCOc1ccc(C(C)(C)CNCS)cc1C. The molecular formula is C14H23NOS. The van der Waals surface area contributed by atoms with Crippen LogP contribution in [0.2, 0.25) is 0 Å². The molecule has 3 heteroatoms. The van der Waals surface area contributed by atoms with Crippen LogP contribution in [0.3, 0.4) is 0 Å². The Kier molecular flexibility index (Phi) is 5.34. The van der Waals surface area contributed by atoms with Crippen LogP contribution in [0.1, 0.15) is 31.9 Å². The van der Waals surface area contributed by atoms with Gasteiger partial charge in [0, 0.05) is 17.8 Å². The maximum atomic E-state index is 5.56. The first-order valence-corrected chi connectivity index (χ1v) is 6.70. The van der Waals surface area contributed by atoms with Crippen LogP contribution in [-0.2, 0) is 5.41 Å². The Morgan fingerprint density at radius 3 is 2.59 bits per heavy atom. The van der Waals surface area contributed by atoms with Crippen molar-refractivity contribution in [1.82, 2.24) is 5.32 Å². The van der Waals surface area contributed by atoms with Crippen LogP contribution in [-0.4, -0.2) is 19.0 Å². The predicted octanol–water partition coefficient (Wildman–Crippen LogP) is 3.15. The molecule has 0 radical (unpaired) electrons. The van der Waals surface area contributed by atoms with Gasteiger partial charge in [-0.3, -0.25) is 0 Å². The maximum Gasteiger partial charge on any atom is 0.122 e. The molecule has 0 unspecified atom stereocenters. The van der Waals surface area contributed by atoms with Gasteiger partial charge < -0.3 is 10.1 Å². The first-order valence-electron chi connectivity index (χ1n) is 6.06. The summed E-state index contributed by atoms with van der Waals surface area (Å²) >= 11 is 4.18. The number of nitrogens with one attached hydrogen (secondary N) is 1. The zero-order valence-corrected chi connectivity index (χ0v) is 12.1. The van der Waals surface area contributed by atoms with E-state index >= 15 is 0 Å². The summed E-state index contributed by atoms with van der Waals surface area (Å²) in [5.41, 5.74) is 2.63. The highest BCUT2D eigenvalue weighted by atomic mass is 32.1. The third-order valence-electron chi connectivity index (χ3n) is 2.93. The summed E-state index contributed by atoms with van der Waals surface area (Å²) < 4.78 is 5.56. The van der Waals surface area contributed by atoms with Gasteiger partial charge in [-0.15, -0.1) is 0 Å². The summed E-state index contributed by atoms with van der Waals surface area (Å²) in [6, 6.07) is 6.43. The highest BCUT2D eigenvalue weighted by molar-refractivity contribution is 7.80. The van der Waals surface area contributed by atoms with Crippen LogP contribution in [0.15, 0.2) is 18.2 Å². The Hall–Kier alpha value is -0.670. The summed E-state index contributed by atoms with van der Waals surface area (Å²) in [6.45, 7) is 10.2. The van der Waals surface area contributed by atoms with Gasteiger partial charge in [-0.2, -0.15) is 12.6 Å². The van der Waals surface area contributed by atoms with Gasteiger partial charge in [0.05, 0.1) is 6.61 Å². The number of ether oxygens (including phenoxy) is 1. The van der Waals surface area contributed by atoms with E-state index in [1.54, 1.807) is 0 Å². The van der Waals surface area contributed by atoms with Crippen molar-refractivity contribution in [2.75, 3.05) is 19.0 Å². The zero-order valence-electron chi connectivity index (χ0n) is 11.2. The van der Waals surface area contributed by atoms with Gasteiger partial charge in [0.15, 0.2) is 0 Å². The van der Waals surface area contributed by atoms with Gasteiger partial charge in [0.1, 0.15) is 5.75 Å². The van der Waals surface area contributed by atoms with Crippen LogP contribution in [0.5, 0.6) is 5.75 Å². The monoisotopic (exact) mass is 253 g/mol. The molecule has 2 nitrogen and oxygen atoms in total. The van der Waals surface area contributed by atoms with Crippen molar-refractivity contribution in [2.45, 2.75) is 33.1 Å². The van der Waals surface area contributed by atoms with Crippen molar-refractivity contribution >= 4 is 12.6 Å². The van der Waals surface area contributed by atoms with Gasteiger partial charge in [-0.05, 0) is 31.0 Å². The lowest BCUT2D eigenvalue weighted by Crippen LogP contribution is -2.32. The summed E-state index contributed by atoms with van der Waals surface area (Å²) in [4.78, 5) is 0. The van der Waals surface area contributed by atoms with Gasteiger partial charge in [0.2, 0.25) is 0 Å². The van der Waals surface area contributed by atoms with Crippen molar-refractivity contribution in [3.05, 3.63) is 29.3 Å². The van der Waals surface area contributed by atoms with E-state index in [0.717, 1.165) is 12.3 Å². The maximum absolute atomic E-state index is 5.56. The number of benzene rings is 1. The fourth-order valence-electron chi connectivity index (χ4n) is 1.86. The second kappa shape index (κ2) is 6.31. The quantitative estimate of drug-likeness (QED) is 0.600. The average molecular weight is 253 g/mol. The van der Waals surface area contributed by atoms with E-state index in [0.29, 0.717) is 12.5 Å². The number of hydrogen-bond acceptors (Lipinski definition) is 3. The molecule has 0 aliphatic rings. The third-order valence-corrected chi connectivity index (χ3v) is 3.16. The molecule has 17 heavy (non-hydrogen) atoms. The van der Waals surface area contributed by atoms with Crippen molar-refractivity contribution < 1.29 is 4.74 Å². The largest absolute Gasteiger partial charge is 0.494 e. The van der Waals surface area contributed by atoms with E-state index in [-0.39, 0.29) is 5.41 Å². The van der Waals surface area contributed by atoms with E-state index in [9.17, 15) is 0 Å². The summed E-state index contributed by atoms with van der Waals surface area (Å²) in [5, 5.41) is 3.28. The van der Waals surface area contributed by atoms with Crippen LogP contribution in [0.25, 0.3) is 0 Å². The number of hydrogen-bond donors (Lipinski definition) is 2. The molecule has 0 saturated heterocycles. The lowest BCUT2D eigenvalue weighted by molar-refractivity contribution is 0.337. The molecule has 0 heterocycles. The second-order valence-corrected chi connectivity index (χ2v) is 5.20. The molecule has 1 rings (SSSR count). The summed E-state index contributed by atoms with van der Waals surface area (Å²) in [7, 11) is 0. The Balaban J connectivity index is 2.88. The molecule has 0 bridgehead atoms. The lowest BCUT2D eigenvalue weighted by atomic mass is 9.84. The Bertz CT molecular complexity index is 363. The molecule has 1 aromatic carbocycles. The first-order chi connectivity index (χ1) is 8.01. The van der Waals surface area contributed by atoms with Gasteiger partial charge in [-0.1, -0.05) is 26.0 Å². The molecule has 1 N–H and O–H groups in total. The van der Waals surface area contributed by atoms with E-state index in [1.165, 1.54) is 11.1 Å². The molecule has 0 fully saturated rings. The molecule has 96 valence electrons.